The maximum absolute atomic E-state index is 12.9. The van der Waals surface area contributed by atoms with Gasteiger partial charge in [0.2, 0.25) is 15.9 Å². The van der Waals surface area contributed by atoms with Gasteiger partial charge in [0.25, 0.3) is 0 Å². The lowest BCUT2D eigenvalue weighted by Gasteiger charge is -2.57. The number of benzene rings is 1. The van der Waals surface area contributed by atoms with Crippen molar-refractivity contribution >= 4 is 31.9 Å². The molecular formula is C22H30BrN3O3S. The zero-order chi connectivity index (χ0) is 20.9. The molecule has 1 aromatic carbocycles. The summed E-state index contributed by atoms with van der Waals surface area (Å²) in [5, 5.41) is 3.43. The van der Waals surface area contributed by atoms with Crippen LogP contribution >= 0.6 is 15.9 Å². The number of nitrogens with one attached hydrogen (secondary N) is 1. The lowest BCUT2D eigenvalue weighted by Crippen LogP contribution is -2.61. The Morgan fingerprint density at radius 1 is 1.03 bits per heavy atom. The van der Waals surface area contributed by atoms with Gasteiger partial charge >= 0.3 is 0 Å². The van der Waals surface area contributed by atoms with E-state index >= 15 is 0 Å². The fourth-order valence-electron chi connectivity index (χ4n) is 6.71. The van der Waals surface area contributed by atoms with E-state index in [-0.39, 0.29) is 11.4 Å². The first-order valence-corrected chi connectivity index (χ1v) is 13.3. The van der Waals surface area contributed by atoms with Gasteiger partial charge in [0.15, 0.2) is 0 Å². The Balaban J connectivity index is 1.15. The topological polar surface area (TPSA) is 69.7 Å². The van der Waals surface area contributed by atoms with E-state index < -0.39 is 10.0 Å². The average molecular weight is 496 g/mol. The lowest BCUT2D eigenvalue weighted by atomic mass is 9.53. The van der Waals surface area contributed by atoms with E-state index in [0.29, 0.717) is 37.6 Å². The standard InChI is InChI=1S/C22H30BrN3O3S/c23-19-2-1-3-20(11-19)30(28,29)26-6-4-25(5-7-26)15-21(27)24-22-12-16-8-17(13-22)10-18(9-16)14-22/h1-3,11,16-18H,4-10,12-15H2,(H,24,27). The van der Waals surface area contributed by atoms with Crippen LogP contribution in [0.4, 0.5) is 0 Å². The molecule has 0 unspecified atom stereocenters. The van der Waals surface area contributed by atoms with E-state index in [1.54, 1.807) is 18.2 Å². The monoisotopic (exact) mass is 495 g/mol. The third-order valence-corrected chi connectivity index (χ3v) is 9.96. The van der Waals surface area contributed by atoms with Crippen molar-refractivity contribution in [3.05, 3.63) is 28.7 Å². The van der Waals surface area contributed by atoms with Crippen LogP contribution in [0.3, 0.4) is 0 Å². The second-order valence-electron chi connectivity index (χ2n) is 9.88. The van der Waals surface area contributed by atoms with Gasteiger partial charge < -0.3 is 5.32 Å². The zero-order valence-electron chi connectivity index (χ0n) is 17.2. The SMILES string of the molecule is O=C(CN1CCN(S(=O)(=O)c2cccc(Br)c2)CC1)NC12CC3CC(CC(C3)C1)C2. The molecule has 0 spiro atoms. The van der Waals surface area contributed by atoms with Crippen molar-refractivity contribution in [3.8, 4) is 0 Å². The zero-order valence-corrected chi connectivity index (χ0v) is 19.6. The van der Waals surface area contributed by atoms with Crippen molar-refractivity contribution in [2.75, 3.05) is 32.7 Å². The molecule has 1 aliphatic heterocycles. The van der Waals surface area contributed by atoms with Crippen molar-refractivity contribution in [1.82, 2.24) is 14.5 Å². The maximum atomic E-state index is 12.9. The van der Waals surface area contributed by atoms with Gasteiger partial charge in [-0.2, -0.15) is 4.31 Å². The molecule has 30 heavy (non-hydrogen) atoms. The number of hydrogen-bond acceptors (Lipinski definition) is 4. The molecule has 4 aliphatic carbocycles. The molecule has 0 aromatic heterocycles. The smallest absolute Gasteiger partial charge is 0.243 e. The highest BCUT2D eigenvalue weighted by molar-refractivity contribution is 9.10. The largest absolute Gasteiger partial charge is 0.350 e. The second kappa shape index (κ2) is 7.87. The first-order valence-electron chi connectivity index (χ1n) is 11.1. The summed E-state index contributed by atoms with van der Waals surface area (Å²) in [5.41, 5.74) is 0.0394. The first-order chi connectivity index (χ1) is 14.3. The number of hydrogen-bond donors (Lipinski definition) is 1. The Hall–Kier alpha value is -0.960. The molecule has 1 heterocycles. The van der Waals surface area contributed by atoms with E-state index in [1.165, 1.54) is 23.6 Å². The number of halogens is 1. The number of sulfonamides is 1. The molecule has 0 radical (unpaired) electrons. The Bertz CT molecular complexity index is 892. The summed E-state index contributed by atoms with van der Waals surface area (Å²) in [6.45, 7) is 2.37. The van der Waals surface area contributed by atoms with Gasteiger partial charge in [-0.05, 0) is 74.5 Å². The average Bonchev–Trinajstić information content (AvgIpc) is 2.67. The molecule has 6 nitrogen and oxygen atoms in total. The first kappa shape index (κ1) is 20.9. The predicted octanol–water partition coefficient (Wildman–Crippen LogP) is 2.84. The summed E-state index contributed by atoms with van der Waals surface area (Å²) in [7, 11) is -3.50. The minimum atomic E-state index is -3.50. The van der Waals surface area contributed by atoms with Crippen molar-refractivity contribution < 1.29 is 13.2 Å². The number of carbonyl (C=O) groups is 1. The third-order valence-electron chi connectivity index (χ3n) is 7.58. The van der Waals surface area contributed by atoms with E-state index in [2.05, 4.69) is 26.1 Å². The Morgan fingerprint density at radius 3 is 2.20 bits per heavy atom. The van der Waals surface area contributed by atoms with Gasteiger partial charge in [-0.1, -0.05) is 22.0 Å². The summed E-state index contributed by atoms with van der Waals surface area (Å²) in [6.07, 6.45) is 7.56. The molecule has 5 aliphatic rings. The maximum Gasteiger partial charge on any atom is 0.243 e. The highest BCUT2D eigenvalue weighted by Gasteiger charge is 2.51. The van der Waals surface area contributed by atoms with Crippen LogP contribution in [0.25, 0.3) is 0 Å². The van der Waals surface area contributed by atoms with Crippen LogP contribution in [-0.4, -0.2) is 61.8 Å². The van der Waals surface area contributed by atoms with E-state index in [1.807, 2.05) is 6.07 Å². The van der Waals surface area contributed by atoms with Crippen LogP contribution < -0.4 is 5.32 Å². The van der Waals surface area contributed by atoms with Crippen molar-refractivity contribution in [1.29, 1.82) is 0 Å². The van der Waals surface area contributed by atoms with E-state index in [0.717, 1.165) is 41.5 Å². The molecule has 5 fully saturated rings. The summed E-state index contributed by atoms with van der Waals surface area (Å²) in [5.74, 6) is 2.54. The minimum Gasteiger partial charge on any atom is -0.350 e. The Kier molecular flexibility index (Phi) is 5.49. The highest BCUT2D eigenvalue weighted by atomic mass is 79.9. The minimum absolute atomic E-state index is 0.0394. The van der Waals surface area contributed by atoms with Crippen molar-refractivity contribution in [2.24, 2.45) is 17.8 Å². The summed E-state index contributed by atoms with van der Waals surface area (Å²) < 4.78 is 28.1. The van der Waals surface area contributed by atoms with Crippen molar-refractivity contribution in [2.45, 2.75) is 49.0 Å². The lowest BCUT2D eigenvalue weighted by molar-refractivity contribution is -0.128. The fourth-order valence-corrected chi connectivity index (χ4v) is 8.73. The quantitative estimate of drug-likeness (QED) is 0.681. The number of piperazine rings is 1. The summed E-state index contributed by atoms with van der Waals surface area (Å²) in [4.78, 5) is 15.2. The molecule has 1 saturated heterocycles. The third kappa shape index (κ3) is 4.08. The molecule has 4 saturated carbocycles. The van der Waals surface area contributed by atoms with Crippen LogP contribution in [0.2, 0.25) is 0 Å². The molecule has 164 valence electrons. The van der Waals surface area contributed by atoms with Crippen LogP contribution in [0.5, 0.6) is 0 Å². The second-order valence-corrected chi connectivity index (χ2v) is 12.7. The predicted molar refractivity (Wildman–Crippen MR) is 118 cm³/mol. The van der Waals surface area contributed by atoms with E-state index in [4.69, 9.17) is 0 Å². The fraction of sp³-hybridized carbons (Fsp3) is 0.682. The normalized spacial score (nSPS) is 34.2. The number of nitrogens with zero attached hydrogens (tertiary/aromatic N) is 2. The van der Waals surface area contributed by atoms with Crippen LogP contribution in [-0.2, 0) is 14.8 Å². The van der Waals surface area contributed by atoms with Gasteiger partial charge in [-0.3, -0.25) is 9.69 Å². The molecule has 1 N–H and O–H groups in total. The number of carbonyl (C=O) groups excluding carboxylic acids is 1. The molecule has 8 heteroatoms. The molecule has 0 atom stereocenters. The Labute approximate surface area is 187 Å². The van der Waals surface area contributed by atoms with Gasteiger partial charge in [0.1, 0.15) is 0 Å². The summed E-state index contributed by atoms with van der Waals surface area (Å²) in [6, 6.07) is 6.83. The van der Waals surface area contributed by atoms with Crippen molar-refractivity contribution in [3.63, 3.8) is 0 Å². The molecule has 4 bridgehead atoms. The number of rotatable bonds is 5. The highest BCUT2D eigenvalue weighted by Crippen LogP contribution is 2.55. The van der Waals surface area contributed by atoms with Gasteiger partial charge in [-0.25, -0.2) is 8.42 Å². The van der Waals surface area contributed by atoms with Crippen LogP contribution in [0.1, 0.15) is 38.5 Å². The van der Waals surface area contributed by atoms with Crippen LogP contribution in [0.15, 0.2) is 33.6 Å². The molecule has 1 amide bonds. The summed E-state index contributed by atoms with van der Waals surface area (Å²) >= 11 is 3.34. The van der Waals surface area contributed by atoms with E-state index in [9.17, 15) is 13.2 Å². The van der Waals surface area contributed by atoms with Gasteiger partial charge in [-0.15, -0.1) is 0 Å². The molecule has 6 rings (SSSR count). The molecule has 1 aromatic rings. The Morgan fingerprint density at radius 2 is 1.63 bits per heavy atom. The molecular weight excluding hydrogens is 466 g/mol. The van der Waals surface area contributed by atoms with Crippen LogP contribution in [0, 0.1) is 17.8 Å². The van der Waals surface area contributed by atoms with Gasteiger partial charge in [0, 0.05) is 36.2 Å². The number of amides is 1. The van der Waals surface area contributed by atoms with Gasteiger partial charge in [0.05, 0.1) is 11.4 Å².